The van der Waals surface area contributed by atoms with Crippen LogP contribution in [0, 0.1) is 0 Å². The van der Waals surface area contributed by atoms with Crippen molar-refractivity contribution in [3.63, 3.8) is 0 Å². The third-order valence-electron chi connectivity index (χ3n) is 10.9. The summed E-state index contributed by atoms with van der Waals surface area (Å²) in [7, 11) is 0. The van der Waals surface area contributed by atoms with Crippen LogP contribution < -0.4 is 0 Å². The van der Waals surface area contributed by atoms with Gasteiger partial charge >= 0.3 is 0 Å². The van der Waals surface area contributed by atoms with E-state index in [1.807, 2.05) is 60.7 Å². The topological polar surface area (TPSA) is 51.6 Å². The SMILES string of the molecule is CC1(C)c2ccccc2-c2cc3c(-c4ccc(-c5ccccc5)cc4)cc(-c4cccc(-c5nc(-c6ccccc6)nc(-c6ccccc6)n5)c4)nc3cc21. The van der Waals surface area contributed by atoms with Crippen molar-refractivity contribution in [1.29, 1.82) is 0 Å². The largest absolute Gasteiger partial charge is 0.248 e. The number of pyridine rings is 1. The molecule has 0 unspecified atom stereocenters. The second kappa shape index (κ2) is 13.1. The lowest BCUT2D eigenvalue weighted by Crippen LogP contribution is -2.14. The highest BCUT2D eigenvalue weighted by atomic mass is 15.0. The molecule has 0 N–H and O–H groups in total. The van der Waals surface area contributed by atoms with Crippen LogP contribution in [0.25, 0.3) is 89.7 Å². The lowest BCUT2D eigenvalue weighted by atomic mass is 9.82. The Kier molecular flexibility index (Phi) is 7.77. The molecule has 0 radical (unpaired) electrons. The summed E-state index contributed by atoms with van der Waals surface area (Å²) in [6.07, 6.45) is 0. The number of rotatable bonds is 6. The zero-order valence-corrected chi connectivity index (χ0v) is 30.6. The van der Waals surface area contributed by atoms with Crippen molar-refractivity contribution in [2.75, 3.05) is 0 Å². The van der Waals surface area contributed by atoms with E-state index in [1.165, 1.54) is 33.4 Å². The summed E-state index contributed by atoms with van der Waals surface area (Å²) in [6.45, 7) is 4.64. The molecule has 4 nitrogen and oxygen atoms in total. The maximum atomic E-state index is 5.41. The minimum Gasteiger partial charge on any atom is -0.248 e. The van der Waals surface area contributed by atoms with Gasteiger partial charge in [-0.1, -0.05) is 172 Å². The molecule has 0 fully saturated rings. The van der Waals surface area contributed by atoms with Crippen LogP contribution in [0.15, 0.2) is 182 Å². The first-order chi connectivity index (χ1) is 27.0. The quantitative estimate of drug-likeness (QED) is 0.173. The first-order valence-electron chi connectivity index (χ1n) is 18.7. The smallest absolute Gasteiger partial charge is 0.164 e. The molecule has 0 saturated heterocycles. The van der Waals surface area contributed by atoms with Crippen LogP contribution in [0.5, 0.6) is 0 Å². The van der Waals surface area contributed by atoms with Gasteiger partial charge in [0.2, 0.25) is 0 Å². The molecule has 1 aliphatic carbocycles. The third kappa shape index (κ3) is 5.80. The van der Waals surface area contributed by atoms with Crippen molar-refractivity contribution in [3.05, 3.63) is 193 Å². The Bertz CT molecular complexity index is 2810. The van der Waals surface area contributed by atoms with E-state index in [-0.39, 0.29) is 5.41 Å². The van der Waals surface area contributed by atoms with Gasteiger partial charge in [0.15, 0.2) is 17.5 Å². The Hall–Kier alpha value is -7.04. The van der Waals surface area contributed by atoms with Crippen LogP contribution >= 0.6 is 0 Å². The molecule has 0 saturated carbocycles. The average molecular weight is 705 g/mol. The Morgan fingerprint density at radius 1 is 0.327 bits per heavy atom. The Morgan fingerprint density at radius 3 is 1.49 bits per heavy atom. The number of nitrogens with zero attached hydrogens (tertiary/aromatic N) is 4. The summed E-state index contributed by atoms with van der Waals surface area (Å²) < 4.78 is 0. The van der Waals surface area contributed by atoms with Crippen LogP contribution in [0.1, 0.15) is 25.0 Å². The first-order valence-corrected chi connectivity index (χ1v) is 18.7. The van der Waals surface area contributed by atoms with Crippen LogP contribution in [0.4, 0.5) is 0 Å². The predicted molar refractivity (Wildman–Crippen MR) is 225 cm³/mol. The molecule has 7 aromatic carbocycles. The van der Waals surface area contributed by atoms with Gasteiger partial charge in [0.05, 0.1) is 11.2 Å². The average Bonchev–Trinajstić information content (AvgIpc) is 3.48. The Morgan fingerprint density at radius 2 is 0.836 bits per heavy atom. The molecule has 0 spiro atoms. The Labute approximate surface area is 320 Å². The van der Waals surface area contributed by atoms with Crippen LogP contribution in [-0.4, -0.2) is 19.9 Å². The van der Waals surface area contributed by atoms with Crippen molar-refractivity contribution < 1.29 is 0 Å². The fourth-order valence-electron chi connectivity index (χ4n) is 8.04. The fraction of sp³-hybridized carbons (Fsp3) is 0.0588. The molecule has 0 amide bonds. The van der Waals surface area contributed by atoms with Gasteiger partial charge < -0.3 is 0 Å². The van der Waals surface area contributed by atoms with Gasteiger partial charge in [0, 0.05) is 33.1 Å². The van der Waals surface area contributed by atoms with E-state index in [9.17, 15) is 0 Å². The zero-order chi connectivity index (χ0) is 36.9. The van der Waals surface area contributed by atoms with E-state index in [2.05, 4.69) is 135 Å². The maximum Gasteiger partial charge on any atom is 0.164 e. The molecule has 0 bridgehead atoms. The van der Waals surface area contributed by atoms with Crippen molar-refractivity contribution in [2.45, 2.75) is 19.3 Å². The van der Waals surface area contributed by atoms with Gasteiger partial charge in [-0.3, -0.25) is 0 Å². The van der Waals surface area contributed by atoms with E-state index in [0.717, 1.165) is 50.0 Å². The zero-order valence-electron chi connectivity index (χ0n) is 30.6. The normalized spacial score (nSPS) is 12.7. The summed E-state index contributed by atoms with van der Waals surface area (Å²) in [5.41, 5.74) is 15.4. The van der Waals surface area contributed by atoms with E-state index >= 15 is 0 Å². The monoisotopic (exact) mass is 704 g/mol. The highest BCUT2D eigenvalue weighted by molar-refractivity contribution is 6.01. The molecule has 0 aliphatic heterocycles. The summed E-state index contributed by atoms with van der Waals surface area (Å²) in [5.74, 6) is 1.89. The summed E-state index contributed by atoms with van der Waals surface area (Å²) >= 11 is 0. The van der Waals surface area contributed by atoms with Crippen LogP contribution in [0.2, 0.25) is 0 Å². The summed E-state index contributed by atoms with van der Waals surface area (Å²) in [5, 5.41) is 1.14. The summed E-state index contributed by atoms with van der Waals surface area (Å²) in [6, 6.07) is 63.8. The van der Waals surface area contributed by atoms with E-state index in [0.29, 0.717) is 17.5 Å². The summed E-state index contributed by atoms with van der Waals surface area (Å²) in [4.78, 5) is 20.3. The molecule has 1 aliphatic rings. The standard InChI is InChI=1S/C51H36N4/c1-51(2)44-24-13-12-23-40(44)42-30-43-41(35-27-25-34(26-28-35)33-15-6-3-7-16-33)31-46(52-47(43)32-45(42)51)38-21-14-22-39(29-38)50-54-48(36-17-8-4-9-18-36)53-49(55-50)37-19-10-5-11-20-37/h3-32H,1-2H3. The highest BCUT2D eigenvalue weighted by Gasteiger charge is 2.35. The molecule has 2 aromatic heterocycles. The second-order valence-corrected chi connectivity index (χ2v) is 14.7. The molecule has 9 aromatic rings. The molecule has 55 heavy (non-hydrogen) atoms. The van der Waals surface area contributed by atoms with Gasteiger partial charge in [0.25, 0.3) is 0 Å². The van der Waals surface area contributed by atoms with Crippen LogP contribution in [0.3, 0.4) is 0 Å². The van der Waals surface area contributed by atoms with Gasteiger partial charge in [-0.2, -0.15) is 0 Å². The van der Waals surface area contributed by atoms with Crippen molar-refractivity contribution in [1.82, 2.24) is 19.9 Å². The minimum absolute atomic E-state index is 0.138. The van der Waals surface area contributed by atoms with Crippen LogP contribution in [-0.2, 0) is 5.41 Å². The fourth-order valence-corrected chi connectivity index (χ4v) is 8.04. The second-order valence-electron chi connectivity index (χ2n) is 14.7. The van der Waals surface area contributed by atoms with E-state index in [4.69, 9.17) is 19.9 Å². The minimum atomic E-state index is -0.138. The molecule has 260 valence electrons. The molecular weight excluding hydrogens is 669 g/mol. The number of hydrogen-bond donors (Lipinski definition) is 0. The molecule has 10 rings (SSSR count). The number of aromatic nitrogens is 4. The third-order valence-corrected chi connectivity index (χ3v) is 10.9. The molecule has 4 heteroatoms. The van der Waals surface area contributed by atoms with Crippen molar-refractivity contribution >= 4 is 10.9 Å². The van der Waals surface area contributed by atoms with Crippen molar-refractivity contribution in [3.8, 4) is 78.8 Å². The highest BCUT2D eigenvalue weighted by Crippen LogP contribution is 2.50. The first kappa shape index (κ1) is 32.6. The number of hydrogen-bond acceptors (Lipinski definition) is 4. The van der Waals surface area contributed by atoms with Gasteiger partial charge in [-0.05, 0) is 68.8 Å². The van der Waals surface area contributed by atoms with Gasteiger partial charge in [-0.25, -0.2) is 19.9 Å². The van der Waals surface area contributed by atoms with E-state index in [1.54, 1.807) is 0 Å². The Balaban J connectivity index is 1.15. The predicted octanol–water partition coefficient (Wildman–Crippen LogP) is 12.7. The van der Waals surface area contributed by atoms with Crippen molar-refractivity contribution in [2.24, 2.45) is 0 Å². The molecule has 0 atom stereocenters. The lowest BCUT2D eigenvalue weighted by molar-refractivity contribution is 0.661. The van der Waals surface area contributed by atoms with Gasteiger partial charge in [-0.15, -0.1) is 0 Å². The van der Waals surface area contributed by atoms with Gasteiger partial charge in [0.1, 0.15) is 0 Å². The van der Waals surface area contributed by atoms with E-state index < -0.39 is 0 Å². The number of benzene rings is 7. The molecule has 2 heterocycles. The number of fused-ring (bicyclic) bond motifs is 4. The lowest BCUT2D eigenvalue weighted by Gasteiger charge is -2.22. The maximum absolute atomic E-state index is 5.41. The molecular formula is C51H36N4.